The molecule has 1 aromatic rings. The van der Waals surface area contributed by atoms with Crippen LogP contribution in [0.2, 0.25) is 0 Å². The van der Waals surface area contributed by atoms with E-state index in [-0.39, 0.29) is 12.1 Å². The first kappa shape index (κ1) is 11.8. The second-order valence-electron chi connectivity index (χ2n) is 3.70. The van der Waals surface area contributed by atoms with E-state index in [0.717, 1.165) is 5.56 Å². The summed E-state index contributed by atoms with van der Waals surface area (Å²) in [5.41, 5.74) is 1.11. The Hall–Kier alpha value is -0.720. The van der Waals surface area contributed by atoms with E-state index >= 15 is 0 Å². The van der Waals surface area contributed by atoms with Gasteiger partial charge in [-0.05, 0) is 22.4 Å². The second kappa shape index (κ2) is 5.07. The highest BCUT2D eigenvalue weighted by Gasteiger charge is 2.31. The molecular formula is C10H14N2O2S2. The van der Waals surface area contributed by atoms with Crippen molar-refractivity contribution in [3.8, 4) is 0 Å². The number of amides is 1. The molecule has 0 aliphatic carbocycles. The van der Waals surface area contributed by atoms with E-state index in [1.807, 2.05) is 16.8 Å². The number of carbonyl (C=O) groups excluding carboxylic acids is 1. The van der Waals surface area contributed by atoms with Crippen LogP contribution in [0, 0.1) is 0 Å². The molecule has 0 radical (unpaired) electrons. The maximum absolute atomic E-state index is 11.7. The minimum Gasteiger partial charge on any atom is -0.321 e. The molecular weight excluding hydrogens is 244 g/mol. The molecule has 2 unspecified atom stereocenters. The van der Waals surface area contributed by atoms with Gasteiger partial charge in [-0.25, -0.2) is 0 Å². The summed E-state index contributed by atoms with van der Waals surface area (Å²) in [6.45, 7) is 0.923. The zero-order valence-electron chi connectivity index (χ0n) is 9.01. The molecule has 0 aromatic carbocycles. The molecule has 1 fully saturated rings. The lowest BCUT2D eigenvalue weighted by molar-refractivity contribution is -0.127. The predicted molar refractivity (Wildman–Crippen MR) is 65.7 cm³/mol. The first-order valence-electron chi connectivity index (χ1n) is 5.03. The lowest BCUT2D eigenvalue weighted by atomic mass is 10.2. The van der Waals surface area contributed by atoms with E-state index in [1.165, 1.54) is 0 Å². The summed E-state index contributed by atoms with van der Waals surface area (Å²) in [6, 6.07) is 2.01. The Labute approximate surface area is 101 Å². The van der Waals surface area contributed by atoms with E-state index in [9.17, 15) is 9.00 Å². The van der Waals surface area contributed by atoms with Crippen LogP contribution in [0.15, 0.2) is 16.8 Å². The predicted octanol–water partition coefficient (Wildman–Crippen LogP) is 0.557. The average Bonchev–Trinajstić information content (AvgIpc) is 2.83. The van der Waals surface area contributed by atoms with Gasteiger partial charge in [0.1, 0.15) is 6.17 Å². The molecule has 1 aliphatic heterocycles. The highest BCUT2D eigenvalue weighted by Crippen LogP contribution is 2.23. The Bertz CT molecular complexity index is 392. The van der Waals surface area contributed by atoms with Crippen molar-refractivity contribution < 1.29 is 9.00 Å². The van der Waals surface area contributed by atoms with Crippen LogP contribution in [0.4, 0.5) is 0 Å². The van der Waals surface area contributed by atoms with Crippen molar-refractivity contribution in [2.24, 2.45) is 0 Å². The van der Waals surface area contributed by atoms with Gasteiger partial charge in [0.15, 0.2) is 0 Å². The molecule has 88 valence electrons. The summed E-state index contributed by atoms with van der Waals surface area (Å²) in [6.07, 6.45) is 1.62. The molecule has 2 heterocycles. The van der Waals surface area contributed by atoms with Crippen molar-refractivity contribution in [1.29, 1.82) is 0 Å². The summed E-state index contributed by atoms with van der Waals surface area (Å²) >= 11 is 1.62. The van der Waals surface area contributed by atoms with Gasteiger partial charge < -0.3 is 4.90 Å². The molecule has 1 N–H and O–H groups in total. The number of thiophene rings is 1. The van der Waals surface area contributed by atoms with Crippen molar-refractivity contribution >= 4 is 28.0 Å². The van der Waals surface area contributed by atoms with Crippen LogP contribution in [0.5, 0.6) is 0 Å². The molecule has 4 nitrogen and oxygen atoms in total. The Morgan fingerprint density at radius 3 is 3.12 bits per heavy atom. The molecule has 1 aromatic heterocycles. The van der Waals surface area contributed by atoms with Gasteiger partial charge in [0.05, 0.1) is 6.54 Å². The van der Waals surface area contributed by atoms with E-state index in [1.54, 1.807) is 22.5 Å². The van der Waals surface area contributed by atoms with E-state index in [0.29, 0.717) is 18.8 Å². The van der Waals surface area contributed by atoms with Gasteiger partial charge in [-0.15, -0.1) is 0 Å². The van der Waals surface area contributed by atoms with Gasteiger partial charge in [-0.1, -0.05) is 0 Å². The number of nitrogens with zero attached hydrogens (tertiary/aromatic N) is 1. The average molecular weight is 258 g/mol. The summed E-state index contributed by atoms with van der Waals surface area (Å²) in [7, 11) is -0.857. The van der Waals surface area contributed by atoms with Crippen molar-refractivity contribution in [2.75, 3.05) is 25.1 Å². The number of rotatable bonds is 4. The molecule has 16 heavy (non-hydrogen) atoms. The normalized spacial score (nSPS) is 22.7. The largest absolute Gasteiger partial charge is 0.321 e. The topological polar surface area (TPSA) is 49.4 Å². The molecule has 0 spiro atoms. The van der Waals surface area contributed by atoms with Crippen molar-refractivity contribution in [2.45, 2.75) is 6.17 Å². The molecule has 1 amide bonds. The van der Waals surface area contributed by atoms with Gasteiger partial charge in [0.2, 0.25) is 5.91 Å². The number of nitrogens with one attached hydrogen (secondary N) is 1. The van der Waals surface area contributed by atoms with E-state index < -0.39 is 10.8 Å². The van der Waals surface area contributed by atoms with Crippen molar-refractivity contribution in [3.63, 3.8) is 0 Å². The molecule has 0 saturated carbocycles. The lowest BCUT2D eigenvalue weighted by Gasteiger charge is -2.23. The fraction of sp³-hybridized carbons (Fsp3) is 0.500. The summed E-state index contributed by atoms with van der Waals surface area (Å²) in [5.74, 6) is 0.621. The molecule has 1 aliphatic rings. The fourth-order valence-electron chi connectivity index (χ4n) is 1.75. The molecule has 0 bridgehead atoms. The molecule has 1 saturated heterocycles. The maximum Gasteiger partial charge on any atom is 0.238 e. The standard InChI is InChI=1S/C10H14N2O2S2/c1-16(14)5-3-12-9(13)6-11-10(12)8-2-4-15-7-8/h2,4,7,10-11H,3,5-6H2,1H3. The third-order valence-electron chi connectivity index (χ3n) is 2.56. The summed E-state index contributed by atoms with van der Waals surface area (Å²) in [5, 5.41) is 7.20. The number of hydrogen-bond donors (Lipinski definition) is 1. The minimum atomic E-state index is -0.857. The monoisotopic (exact) mass is 258 g/mol. The summed E-state index contributed by atoms with van der Waals surface area (Å²) in [4.78, 5) is 13.4. The van der Waals surface area contributed by atoms with Crippen LogP contribution in [0.1, 0.15) is 11.7 Å². The minimum absolute atomic E-state index is 0.0395. The van der Waals surface area contributed by atoms with Crippen LogP contribution in [-0.2, 0) is 15.6 Å². The maximum atomic E-state index is 11.7. The zero-order valence-corrected chi connectivity index (χ0v) is 10.6. The molecule has 2 atom stereocenters. The van der Waals surface area contributed by atoms with Gasteiger partial charge in [0, 0.05) is 29.4 Å². The first-order valence-corrected chi connectivity index (χ1v) is 7.70. The second-order valence-corrected chi connectivity index (χ2v) is 6.04. The smallest absolute Gasteiger partial charge is 0.238 e. The van der Waals surface area contributed by atoms with Crippen LogP contribution in [0.3, 0.4) is 0 Å². The van der Waals surface area contributed by atoms with Crippen LogP contribution in [0.25, 0.3) is 0 Å². The van der Waals surface area contributed by atoms with Crippen molar-refractivity contribution in [3.05, 3.63) is 22.4 Å². The highest BCUT2D eigenvalue weighted by atomic mass is 32.2. The SMILES string of the molecule is CS(=O)CCN1C(=O)CNC1c1ccsc1. The number of hydrogen-bond acceptors (Lipinski definition) is 4. The Kier molecular flexibility index (Phi) is 3.73. The highest BCUT2D eigenvalue weighted by molar-refractivity contribution is 7.84. The Morgan fingerprint density at radius 2 is 2.50 bits per heavy atom. The van der Waals surface area contributed by atoms with Crippen LogP contribution >= 0.6 is 11.3 Å². The van der Waals surface area contributed by atoms with Crippen molar-refractivity contribution in [1.82, 2.24) is 10.2 Å². The summed E-state index contributed by atoms with van der Waals surface area (Å²) < 4.78 is 11.1. The van der Waals surface area contributed by atoms with Gasteiger partial charge in [0.25, 0.3) is 0 Å². The van der Waals surface area contributed by atoms with Gasteiger partial charge in [-0.2, -0.15) is 11.3 Å². The third-order valence-corrected chi connectivity index (χ3v) is 4.02. The number of carbonyl (C=O) groups is 1. The quantitative estimate of drug-likeness (QED) is 0.858. The first-order chi connectivity index (χ1) is 7.68. The van der Waals surface area contributed by atoms with Crippen LogP contribution in [-0.4, -0.2) is 40.1 Å². The van der Waals surface area contributed by atoms with Gasteiger partial charge in [-0.3, -0.25) is 14.3 Å². The van der Waals surface area contributed by atoms with Gasteiger partial charge >= 0.3 is 0 Å². The van der Waals surface area contributed by atoms with E-state index in [2.05, 4.69) is 5.32 Å². The third kappa shape index (κ3) is 2.50. The Morgan fingerprint density at radius 1 is 1.69 bits per heavy atom. The fourth-order valence-corrected chi connectivity index (χ4v) is 2.88. The molecule has 2 rings (SSSR count). The Balaban J connectivity index is 2.07. The lowest BCUT2D eigenvalue weighted by Crippen LogP contribution is -2.33. The van der Waals surface area contributed by atoms with E-state index in [4.69, 9.17) is 0 Å². The zero-order chi connectivity index (χ0) is 11.5. The molecule has 6 heteroatoms. The van der Waals surface area contributed by atoms with Crippen LogP contribution < -0.4 is 5.32 Å².